The van der Waals surface area contributed by atoms with Crippen molar-refractivity contribution in [2.24, 2.45) is 0 Å². The van der Waals surface area contributed by atoms with Crippen LogP contribution in [0.5, 0.6) is 5.75 Å². The molecule has 0 aliphatic carbocycles. The van der Waals surface area contributed by atoms with Crippen molar-refractivity contribution in [2.75, 3.05) is 53.2 Å². The van der Waals surface area contributed by atoms with Crippen LogP contribution in [0, 0.1) is 22.7 Å². The topological polar surface area (TPSA) is 187 Å². The van der Waals surface area contributed by atoms with Gasteiger partial charge in [0.25, 0.3) is 11.8 Å². The van der Waals surface area contributed by atoms with E-state index in [0.29, 0.717) is 44.0 Å². The van der Waals surface area contributed by atoms with E-state index in [4.69, 9.17) is 4.74 Å². The minimum Gasteiger partial charge on any atom is -0.492 e. The number of carbonyl (C=O) groups excluding carboxylic acids is 4. The highest BCUT2D eigenvalue weighted by Crippen LogP contribution is 2.45. The Labute approximate surface area is 365 Å². The van der Waals surface area contributed by atoms with Gasteiger partial charge in [-0.2, -0.15) is 23.7 Å². The first-order valence-corrected chi connectivity index (χ1v) is 20.4. The minimum atomic E-state index is -4.94. The number of nitrogens with one attached hydrogen (secondary N) is 3. The van der Waals surface area contributed by atoms with E-state index in [1.54, 1.807) is 12.1 Å². The average molecular weight is 897 g/mol. The molecule has 0 saturated carbocycles. The van der Waals surface area contributed by atoms with Crippen LogP contribution < -0.4 is 30.5 Å². The zero-order chi connectivity index (χ0) is 46.2. The predicted octanol–water partition coefficient (Wildman–Crippen LogP) is 5.43. The molecular weight excluding hydrogens is 852 g/mol. The number of alkyl halides is 5. The summed E-state index contributed by atoms with van der Waals surface area (Å²) in [7, 11) is 0. The quantitative estimate of drug-likeness (QED) is 0.103. The van der Waals surface area contributed by atoms with Crippen molar-refractivity contribution >= 4 is 59.0 Å². The van der Waals surface area contributed by atoms with Gasteiger partial charge in [0.15, 0.2) is 11.2 Å². The van der Waals surface area contributed by atoms with Crippen LogP contribution in [0.4, 0.5) is 44.7 Å². The number of rotatable bonds is 12. The Morgan fingerprint density at radius 1 is 0.968 bits per heavy atom. The summed E-state index contributed by atoms with van der Waals surface area (Å²) in [6, 6.07) is 11.9. The highest BCUT2D eigenvalue weighted by atomic mass is 32.1. The van der Waals surface area contributed by atoms with E-state index in [2.05, 4.69) is 38.5 Å². The lowest BCUT2D eigenvalue weighted by molar-refractivity contribution is -0.138. The Balaban J connectivity index is 1.08. The molecular formula is C42H45F5N10O5S. The van der Waals surface area contributed by atoms with E-state index in [1.807, 2.05) is 24.8 Å². The Hall–Kier alpha value is -6.03. The van der Waals surface area contributed by atoms with Gasteiger partial charge < -0.3 is 20.3 Å². The van der Waals surface area contributed by atoms with Gasteiger partial charge in [-0.3, -0.25) is 39.2 Å². The van der Waals surface area contributed by atoms with E-state index in [0.717, 1.165) is 17.2 Å². The number of piperidine rings is 1. The summed E-state index contributed by atoms with van der Waals surface area (Å²) in [4.78, 5) is 60.8. The van der Waals surface area contributed by atoms with Gasteiger partial charge in [-0.25, -0.2) is 13.8 Å². The molecule has 1 unspecified atom stereocenters. The van der Waals surface area contributed by atoms with Crippen molar-refractivity contribution < 1.29 is 45.9 Å². The number of amides is 4. The van der Waals surface area contributed by atoms with E-state index in [9.17, 15) is 42.9 Å². The molecule has 21 heteroatoms. The maximum atomic E-state index is 15.2. The molecule has 0 spiro atoms. The van der Waals surface area contributed by atoms with Crippen LogP contribution in [-0.4, -0.2) is 100 Å². The number of aromatic nitrogens is 1. The lowest BCUT2D eigenvalue weighted by Gasteiger charge is -2.43. The van der Waals surface area contributed by atoms with Crippen molar-refractivity contribution in [3.63, 3.8) is 0 Å². The molecule has 3 fully saturated rings. The Kier molecular flexibility index (Phi) is 13.3. The van der Waals surface area contributed by atoms with Crippen LogP contribution >= 0.6 is 12.6 Å². The van der Waals surface area contributed by atoms with Gasteiger partial charge in [0, 0.05) is 62.1 Å². The summed E-state index contributed by atoms with van der Waals surface area (Å²) >= 11 is 4.55. The second-order valence-corrected chi connectivity index (χ2v) is 16.8. The predicted molar refractivity (Wildman–Crippen MR) is 224 cm³/mol. The second kappa shape index (κ2) is 18.0. The maximum absolute atomic E-state index is 15.2. The standard InChI is InChI=1S/C42H45F5N10O5S/c1-23-21-55(22-36(59)52-27-13-25(17-48)12-26(14-27)51-32-7-9-35(58)53-37(32)60)24(2)20-54(23)10-11-62-34-8-6-28(15-31(34)41(5,43)44)57-39(63)56(38(61)40(57,3)4)29-16-30(42(45,46)47)33(18-49)50-19-29/h6,8,12-16,19,23-24,32,39,51,63H,7,9-11,20-22H2,1-5H3,(H,52,59)(H,53,58,60)/t23-,24-,32?,39+/m1/s1. The molecule has 0 bridgehead atoms. The number of halogens is 5. The molecule has 4 heterocycles. The first-order valence-electron chi connectivity index (χ1n) is 19.9. The number of carbonyl (C=O) groups is 4. The van der Waals surface area contributed by atoms with Crippen molar-refractivity contribution in [3.05, 3.63) is 71.0 Å². The summed E-state index contributed by atoms with van der Waals surface area (Å²) in [5, 5.41) is 26.9. The molecule has 1 aromatic heterocycles. The van der Waals surface area contributed by atoms with Gasteiger partial charge >= 0.3 is 6.18 Å². The molecule has 4 amide bonds. The minimum absolute atomic E-state index is 0.0221. The smallest absolute Gasteiger partial charge is 0.419 e. The van der Waals surface area contributed by atoms with Crippen LogP contribution in [0.3, 0.4) is 0 Å². The van der Waals surface area contributed by atoms with E-state index in [1.165, 1.54) is 43.0 Å². The summed E-state index contributed by atoms with van der Waals surface area (Å²) in [6.07, 6.45) is -3.54. The highest BCUT2D eigenvalue weighted by Gasteiger charge is 2.52. The van der Waals surface area contributed by atoms with Crippen LogP contribution in [0.15, 0.2) is 48.7 Å². The first-order chi connectivity index (χ1) is 29.5. The molecule has 3 aliphatic heterocycles. The van der Waals surface area contributed by atoms with Gasteiger partial charge in [0.1, 0.15) is 30.0 Å². The summed E-state index contributed by atoms with van der Waals surface area (Å²) in [5.74, 6) is -5.38. The first kappa shape index (κ1) is 46.5. The van der Waals surface area contributed by atoms with Crippen molar-refractivity contribution in [2.45, 2.75) is 88.7 Å². The van der Waals surface area contributed by atoms with Crippen LogP contribution in [0.1, 0.15) is 69.8 Å². The van der Waals surface area contributed by atoms with Gasteiger partial charge in [-0.15, -0.1) is 12.6 Å². The second-order valence-electron chi connectivity index (χ2n) is 16.3. The van der Waals surface area contributed by atoms with Crippen LogP contribution in [0.25, 0.3) is 0 Å². The molecule has 3 aliphatic rings. The largest absolute Gasteiger partial charge is 0.492 e. The van der Waals surface area contributed by atoms with Crippen molar-refractivity contribution in [3.8, 4) is 17.9 Å². The molecule has 6 rings (SSSR count). The number of thiol groups is 1. The lowest BCUT2D eigenvalue weighted by Crippen LogP contribution is -2.58. The molecule has 15 nitrogen and oxygen atoms in total. The molecule has 2 aromatic carbocycles. The number of nitriles is 2. The number of nitrogens with zero attached hydrogens (tertiary/aromatic N) is 7. The average Bonchev–Trinajstić information content (AvgIpc) is 3.38. The van der Waals surface area contributed by atoms with Crippen LogP contribution in [0.2, 0.25) is 0 Å². The maximum Gasteiger partial charge on any atom is 0.419 e. The molecule has 3 saturated heterocycles. The molecule has 0 radical (unpaired) electrons. The number of benzene rings is 2. The summed E-state index contributed by atoms with van der Waals surface area (Å²) in [6.45, 7) is 9.01. The fourth-order valence-electron chi connectivity index (χ4n) is 7.98. The SMILES string of the molecule is C[C@@H]1CN(CC(=O)Nc2cc(C#N)cc(NC3CCC(=O)NC3=O)c2)[C@H](C)CN1CCOc1ccc(N2[C@@H](S)N(c3cnc(C#N)c(C(F)(F)F)c3)C(=O)C2(C)C)cc1C(C)(F)F. The van der Waals surface area contributed by atoms with E-state index < -0.39 is 57.8 Å². The molecule has 334 valence electrons. The number of pyridine rings is 1. The molecule has 3 aromatic rings. The van der Waals surface area contributed by atoms with E-state index in [-0.39, 0.29) is 72.6 Å². The molecule has 4 atom stereocenters. The summed E-state index contributed by atoms with van der Waals surface area (Å²) in [5.41, 5.74) is -4.54. The Bertz CT molecular complexity index is 2380. The Morgan fingerprint density at radius 3 is 2.29 bits per heavy atom. The number of imide groups is 1. The van der Waals surface area contributed by atoms with Crippen molar-refractivity contribution in [1.29, 1.82) is 10.5 Å². The number of hydrogen-bond donors (Lipinski definition) is 4. The number of ether oxygens (including phenoxy) is 1. The third-order valence-corrected chi connectivity index (χ3v) is 11.7. The number of piperazine rings is 1. The van der Waals surface area contributed by atoms with Gasteiger partial charge in [-0.05, 0) is 76.6 Å². The fraction of sp³-hybridized carbons (Fsp3) is 0.452. The zero-order valence-electron chi connectivity index (χ0n) is 34.9. The highest BCUT2D eigenvalue weighted by molar-refractivity contribution is 7.81. The van der Waals surface area contributed by atoms with Gasteiger partial charge in [0.05, 0.1) is 41.2 Å². The normalized spacial score (nSPS) is 22.0. The van der Waals surface area contributed by atoms with E-state index >= 15 is 8.78 Å². The summed E-state index contributed by atoms with van der Waals surface area (Å²) < 4.78 is 77.8. The third kappa shape index (κ3) is 10.1. The van der Waals surface area contributed by atoms with Crippen molar-refractivity contribution in [1.82, 2.24) is 20.1 Å². The third-order valence-electron chi connectivity index (χ3n) is 11.2. The fourth-order valence-corrected chi connectivity index (χ4v) is 8.64. The van der Waals surface area contributed by atoms with Crippen LogP contribution in [-0.2, 0) is 31.3 Å². The molecule has 63 heavy (non-hydrogen) atoms. The number of anilines is 4. The monoisotopic (exact) mass is 896 g/mol. The van der Waals surface area contributed by atoms with Gasteiger partial charge in [0.2, 0.25) is 17.7 Å². The lowest BCUT2D eigenvalue weighted by atomic mass is 10.0. The zero-order valence-corrected chi connectivity index (χ0v) is 35.8. The van der Waals surface area contributed by atoms with Gasteiger partial charge in [-0.1, -0.05) is 0 Å². The Morgan fingerprint density at radius 2 is 1.63 bits per heavy atom. The number of hydrogen-bond acceptors (Lipinski definition) is 13. The molecule has 3 N–H and O–H groups in total.